The van der Waals surface area contributed by atoms with Crippen LogP contribution in [0.25, 0.3) is 0 Å². The van der Waals surface area contributed by atoms with Crippen LogP contribution < -0.4 is 0 Å². The van der Waals surface area contributed by atoms with Crippen LogP contribution in [-0.2, 0) is 4.79 Å². The van der Waals surface area contributed by atoms with Gasteiger partial charge in [-0.1, -0.05) is 6.92 Å². The third-order valence-corrected chi connectivity index (χ3v) is 1.61. The second kappa shape index (κ2) is 7.42. The van der Waals surface area contributed by atoms with Gasteiger partial charge in [0.25, 0.3) is 0 Å². The van der Waals surface area contributed by atoms with Crippen LogP contribution in [0, 0.1) is 0 Å². The fourth-order valence-electron chi connectivity index (χ4n) is 0.568. The van der Waals surface area contributed by atoms with E-state index in [-0.39, 0.29) is 0 Å². The van der Waals surface area contributed by atoms with Gasteiger partial charge >= 0.3 is 7.25 Å². The highest BCUT2D eigenvalue weighted by Crippen LogP contribution is 2.06. The standard InChI is InChI=1S/C8H16NO.BF4/c1-5-8(10)6-7(2)9(3)4;2-1(3,4)5/h5-6H2,1-4H3;/q+1;-1. The minimum absolute atomic E-state index is 0.311. The first kappa shape index (κ1) is 16.6. The lowest BCUT2D eigenvalue weighted by Crippen LogP contribution is -2.13. The van der Waals surface area contributed by atoms with Gasteiger partial charge in [0.05, 0.1) is 6.42 Å². The number of halogens is 4. The summed E-state index contributed by atoms with van der Waals surface area (Å²) in [6, 6.07) is 0. The Labute approximate surface area is 87.1 Å². The maximum Gasteiger partial charge on any atom is 0.673 e. The van der Waals surface area contributed by atoms with Gasteiger partial charge in [0, 0.05) is 13.3 Å². The number of hydrogen-bond acceptors (Lipinski definition) is 1. The van der Waals surface area contributed by atoms with E-state index in [4.69, 9.17) is 0 Å². The molecular formula is C8H16BF4NO. The maximum atomic E-state index is 10.9. The van der Waals surface area contributed by atoms with Gasteiger partial charge in [0.15, 0.2) is 5.71 Å². The van der Waals surface area contributed by atoms with E-state index in [1.807, 2.05) is 32.5 Å². The minimum Gasteiger partial charge on any atom is -0.418 e. The smallest absolute Gasteiger partial charge is 0.418 e. The molecule has 15 heavy (non-hydrogen) atoms. The summed E-state index contributed by atoms with van der Waals surface area (Å²) in [5.74, 6) is 0.311. The molecule has 0 aliphatic heterocycles. The molecule has 0 atom stereocenters. The van der Waals surface area contributed by atoms with E-state index in [0.717, 1.165) is 5.71 Å². The Balaban J connectivity index is 0. The molecule has 7 heteroatoms. The molecule has 0 rings (SSSR count). The van der Waals surface area contributed by atoms with Crippen molar-refractivity contribution in [1.82, 2.24) is 0 Å². The molecular weight excluding hydrogens is 213 g/mol. The Hall–Kier alpha value is -0.875. The highest BCUT2D eigenvalue weighted by atomic mass is 19.5. The summed E-state index contributed by atoms with van der Waals surface area (Å²) >= 11 is 0. The first-order valence-electron chi connectivity index (χ1n) is 4.46. The van der Waals surface area contributed by atoms with Crippen LogP contribution in [0.2, 0.25) is 0 Å². The molecule has 0 unspecified atom stereocenters. The van der Waals surface area contributed by atoms with Gasteiger partial charge in [-0.2, -0.15) is 0 Å². The molecule has 0 radical (unpaired) electrons. The fraction of sp³-hybridized carbons (Fsp3) is 0.750. The molecule has 0 aliphatic carbocycles. The first-order chi connectivity index (χ1) is 6.57. The molecule has 0 aromatic carbocycles. The fourth-order valence-corrected chi connectivity index (χ4v) is 0.568. The van der Waals surface area contributed by atoms with E-state index >= 15 is 0 Å². The van der Waals surface area contributed by atoms with Gasteiger partial charge in [-0.05, 0) is 0 Å². The van der Waals surface area contributed by atoms with Crippen molar-refractivity contribution in [3.05, 3.63) is 0 Å². The van der Waals surface area contributed by atoms with Crippen LogP contribution in [0.5, 0.6) is 0 Å². The van der Waals surface area contributed by atoms with E-state index in [0.29, 0.717) is 18.6 Å². The summed E-state index contributed by atoms with van der Waals surface area (Å²) in [7, 11) is -2.09. The van der Waals surface area contributed by atoms with Crippen molar-refractivity contribution >= 4 is 18.7 Å². The lowest BCUT2D eigenvalue weighted by molar-refractivity contribution is -0.465. The lowest BCUT2D eigenvalue weighted by Gasteiger charge is -1.94. The summed E-state index contributed by atoms with van der Waals surface area (Å²) in [5.41, 5.74) is 1.13. The van der Waals surface area contributed by atoms with Crippen LogP contribution in [0.15, 0.2) is 0 Å². The molecule has 90 valence electrons. The average molecular weight is 229 g/mol. The second-order valence-corrected chi connectivity index (χ2v) is 3.19. The van der Waals surface area contributed by atoms with E-state index in [1.165, 1.54) is 0 Å². The summed E-state index contributed by atoms with van der Waals surface area (Å²) in [6.45, 7) is 3.87. The second-order valence-electron chi connectivity index (χ2n) is 3.19. The molecule has 0 amide bonds. The third kappa shape index (κ3) is 19.5. The summed E-state index contributed by atoms with van der Waals surface area (Å²) < 4.78 is 41.0. The molecule has 0 heterocycles. The monoisotopic (exact) mass is 229 g/mol. The van der Waals surface area contributed by atoms with Crippen molar-refractivity contribution in [2.75, 3.05) is 14.1 Å². The minimum atomic E-state index is -6.00. The highest BCUT2D eigenvalue weighted by molar-refractivity contribution is 6.50. The summed E-state index contributed by atoms with van der Waals surface area (Å²) in [4.78, 5) is 10.9. The van der Waals surface area contributed by atoms with E-state index in [9.17, 15) is 22.1 Å². The molecule has 0 bridgehead atoms. The van der Waals surface area contributed by atoms with Gasteiger partial charge in [0.2, 0.25) is 0 Å². The Morgan fingerprint density at radius 1 is 1.20 bits per heavy atom. The molecule has 0 saturated heterocycles. The number of ketones is 1. The number of carbonyl (C=O) groups is 1. The molecule has 0 aromatic rings. The van der Waals surface area contributed by atoms with Crippen LogP contribution in [0.1, 0.15) is 26.7 Å². The van der Waals surface area contributed by atoms with Crippen LogP contribution >= 0.6 is 0 Å². The molecule has 0 N–H and O–H groups in total. The maximum absolute atomic E-state index is 10.9. The van der Waals surface area contributed by atoms with Crippen molar-refractivity contribution in [3.63, 3.8) is 0 Å². The number of hydrogen-bond donors (Lipinski definition) is 0. The van der Waals surface area contributed by atoms with Gasteiger partial charge in [-0.3, -0.25) is 4.79 Å². The van der Waals surface area contributed by atoms with Gasteiger partial charge in [-0.15, -0.1) is 0 Å². The molecule has 0 aromatic heterocycles. The van der Waals surface area contributed by atoms with Crippen molar-refractivity contribution in [1.29, 1.82) is 0 Å². The summed E-state index contributed by atoms with van der Waals surface area (Å²) in [6.07, 6.45) is 1.24. The van der Waals surface area contributed by atoms with Gasteiger partial charge in [0.1, 0.15) is 19.9 Å². The van der Waals surface area contributed by atoms with E-state index < -0.39 is 7.25 Å². The van der Waals surface area contributed by atoms with Crippen molar-refractivity contribution in [2.24, 2.45) is 0 Å². The van der Waals surface area contributed by atoms with Crippen molar-refractivity contribution in [3.8, 4) is 0 Å². The molecule has 2 nitrogen and oxygen atoms in total. The van der Waals surface area contributed by atoms with Gasteiger partial charge in [-0.25, -0.2) is 4.58 Å². The van der Waals surface area contributed by atoms with Crippen LogP contribution in [-0.4, -0.2) is 37.4 Å². The number of carbonyl (C=O) groups excluding carboxylic acids is 1. The molecule has 0 spiro atoms. The normalized spacial score (nSPS) is 10.1. The Kier molecular flexibility index (Phi) is 8.19. The number of Topliss-reactive ketones (excluding diaryl/α,β-unsaturated/α-hetero) is 1. The zero-order valence-electron chi connectivity index (χ0n) is 9.36. The predicted octanol–water partition coefficient (Wildman–Crippen LogP) is 2.39. The molecule has 0 fully saturated rings. The Bertz CT molecular complexity index is 227. The zero-order chi connectivity index (χ0) is 12.6. The average Bonchev–Trinajstić information content (AvgIpc) is 2.00. The number of nitrogens with zero attached hydrogens (tertiary/aromatic N) is 1. The first-order valence-corrected chi connectivity index (χ1v) is 4.46. The lowest BCUT2D eigenvalue weighted by atomic mass is 10.2. The zero-order valence-corrected chi connectivity index (χ0v) is 9.36. The van der Waals surface area contributed by atoms with E-state index in [1.54, 1.807) is 0 Å². The topological polar surface area (TPSA) is 20.1 Å². The number of rotatable bonds is 3. The predicted molar refractivity (Wildman–Crippen MR) is 52.9 cm³/mol. The largest absolute Gasteiger partial charge is 0.673 e. The van der Waals surface area contributed by atoms with Crippen molar-refractivity contribution in [2.45, 2.75) is 26.7 Å². The van der Waals surface area contributed by atoms with Crippen LogP contribution in [0.3, 0.4) is 0 Å². The van der Waals surface area contributed by atoms with Crippen molar-refractivity contribution < 1.29 is 26.6 Å². The Morgan fingerprint density at radius 3 is 1.73 bits per heavy atom. The quantitative estimate of drug-likeness (QED) is 0.315. The molecule has 0 aliphatic rings. The van der Waals surface area contributed by atoms with Gasteiger partial charge < -0.3 is 17.3 Å². The SMILES string of the molecule is CCC(=O)CC(C)=[N+](C)C.F[B-](F)(F)F. The van der Waals surface area contributed by atoms with E-state index in [2.05, 4.69) is 0 Å². The summed E-state index contributed by atoms with van der Waals surface area (Å²) in [5, 5.41) is 0. The third-order valence-electron chi connectivity index (χ3n) is 1.61. The highest BCUT2D eigenvalue weighted by Gasteiger charge is 2.20. The Morgan fingerprint density at radius 2 is 1.53 bits per heavy atom. The van der Waals surface area contributed by atoms with Crippen LogP contribution in [0.4, 0.5) is 17.3 Å². The molecule has 0 saturated carbocycles.